The maximum absolute atomic E-state index is 13.4. The average molecular weight is 1760 g/mol. The number of rotatable bonds is 21. The van der Waals surface area contributed by atoms with Crippen molar-refractivity contribution < 1.29 is 46.2 Å². The molecular weight excluding hydrogens is 1650 g/mol. The molecule has 0 bridgehead atoms. The number of hydrogen-bond acceptors (Lipinski definition) is 25. The predicted octanol–water partition coefficient (Wildman–Crippen LogP) is 13.6. The zero-order chi connectivity index (χ0) is 81.9. The third-order valence-corrected chi connectivity index (χ3v) is 25.4. The van der Waals surface area contributed by atoms with Gasteiger partial charge in [0, 0.05) is 144 Å². The molecule has 5 aromatic carbocycles. The SMILES string of the molecule is CCCCO.COc1cc(N)c(C)cc1N1CCC(N2CCN(C)CC2)CC1.COc1cnn(-c2ccc(Nc3nc(Cl)ncc3Br)c(P(C)(C)=O)c2)c1.COc1cnn(-c2ccc(Nc3nc(Nc4cc(OC)c(N5CCC(N6CCN(C)CC6)CC5)cc4C)ncc3Br)c(P(C)(C)=O)c2)c1.Cc1ccc(S(=O)(=O)O)cc1. The summed E-state index contributed by atoms with van der Waals surface area (Å²) in [5.41, 5.74) is 16.1. The molecule has 0 spiro atoms. The summed E-state index contributed by atoms with van der Waals surface area (Å²) in [4.78, 5) is 32.4. The molecule has 4 aliphatic rings. The molecule has 13 rings (SSSR count). The molecule has 8 heterocycles. The first kappa shape index (κ1) is 89.0. The minimum Gasteiger partial charge on any atom is -0.495 e. The molecule has 4 aliphatic heterocycles. The lowest BCUT2D eigenvalue weighted by atomic mass is 10.0. The number of nitrogen functional groups attached to an aromatic ring is 1. The molecule has 612 valence electrons. The summed E-state index contributed by atoms with van der Waals surface area (Å²) in [6.07, 6.45) is 16.9. The smallest absolute Gasteiger partial charge is 0.294 e. The molecule has 0 radical (unpaired) electrons. The maximum atomic E-state index is 13.4. The van der Waals surface area contributed by atoms with Gasteiger partial charge in [-0.25, -0.2) is 19.3 Å². The van der Waals surface area contributed by atoms with Crippen LogP contribution in [0, 0.1) is 20.8 Å². The molecule has 9 aromatic rings. The van der Waals surface area contributed by atoms with Gasteiger partial charge in [0.05, 0.1) is 101 Å². The molecule has 7 N–H and O–H groups in total. The number of halogens is 3. The van der Waals surface area contributed by atoms with Gasteiger partial charge in [0.25, 0.3) is 10.1 Å². The van der Waals surface area contributed by atoms with E-state index in [1.54, 1.807) is 114 Å². The number of ether oxygens (including phenoxy) is 4. The number of aromatic nitrogens is 8. The molecule has 4 aromatic heterocycles. The van der Waals surface area contributed by atoms with Gasteiger partial charge in [-0.05, 0) is 209 Å². The van der Waals surface area contributed by atoms with E-state index in [4.69, 9.17) is 50.9 Å². The lowest BCUT2D eigenvalue weighted by Crippen LogP contribution is -2.52. The Hall–Kier alpha value is -7.90. The average Bonchev–Trinajstić information content (AvgIpc) is 1.17. The number of methoxy groups -OCH3 is 4. The molecule has 0 unspecified atom stereocenters. The minimum absolute atomic E-state index is 0.0666. The normalized spacial score (nSPS) is 15.6. The Morgan fingerprint density at radius 2 is 1.01 bits per heavy atom. The number of benzene rings is 5. The summed E-state index contributed by atoms with van der Waals surface area (Å²) in [5, 5.41) is 28.1. The number of aliphatic hydroxyl groups excluding tert-OH is 1. The quantitative estimate of drug-likeness (QED) is 0.0168. The number of piperidine rings is 2. The fraction of sp³-hybridized carbons (Fsp3) is 0.443. The highest BCUT2D eigenvalue weighted by molar-refractivity contribution is 9.11. The zero-order valence-corrected chi connectivity index (χ0v) is 73.6. The number of aryl methyl sites for hydroxylation is 3. The minimum atomic E-state index is -4.02. The third-order valence-electron chi connectivity index (χ3n) is 20.1. The lowest BCUT2D eigenvalue weighted by molar-refractivity contribution is 0.0981. The Kier molecular flexibility index (Phi) is 32.4. The molecular formula is C79H109Br2ClN18O10P2S. The largest absolute Gasteiger partial charge is 0.495 e. The summed E-state index contributed by atoms with van der Waals surface area (Å²) >= 11 is 12.8. The number of nitrogens with one attached hydrogen (secondary N) is 3. The van der Waals surface area contributed by atoms with Crippen LogP contribution in [0.25, 0.3) is 11.4 Å². The van der Waals surface area contributed by atoms with Crippen molar-refractivity contribution in [2.75, 3.05) is 186 Å². The third kappa shape index (κ3) is 25.1. The standard InChI is InChI=1S/C34H45BrN9O3P.C18H30N4O.C16H16BrClN5O2P.C7H8O3S.C4H10O/c1-23-17-30(43-11-9-24(10-12-43)42-15-13-41(2)14-16-42)31(47-4)19-29(23)39-34-36-21-27(35)33(40-34)38-28-8-7-25(18-32(28)48(5,6)45)44-22-26(46-3)20-37-44;1-14-12-17(18(23-3)13-16(14)19)22-6-4-15(5-7-22)21-10-8-20(2)9-11-21;1-25-11-7-20-23(9-11)10-4-5-13(14(6-10)26(2,3)24)21-15-12(17)8-19-16(18)22-15;1-6-2-4-7(5-3-6)11(8,9)10;1-2-3-4-5/h7-8,17-22,24H,9-16H2,1-6H3,(H2,36,38,39,40);12-13,15H,4-11,19H2,1-3H3;4-9H,1-3H3,(H,19,21,22);2-5H,1H3,(H,8,9,10);5H,2-4H2,1H3. The summed E-state index contributed by atoms with van der Waals surface area (Å²) in [7, 11) is 1.74. The summed E-state index contributed by atoms with van der Waals surface area (Å²) in [6.45, 7) is 29.0. The van der Waals surface area contributed by atoms with Gasteiger partial charge >= 0.3 is 0 Å². The van der Waals surface area contributed by atoms with Crippen molar-refractivity contribution in [3.05, 3.63) is 153 Å². The Balaban J connectivity index is 0.000000189. The highest BCUT2D eigenvalue weighted by Gasteiger charge is 2.31. The van der Waals surface area contributed by atoms with Gasteiger partial charge in [0.1, 0.15) is 37.4 Å². The first-order chi connectivity index (χ1) is 53.8. The Labute approximate surface area is 687 Å². The van der Waals surface area contributed by atoms with Gasteiger partial charge in [-0.1, -0.05) is 31.0 Å². The van der Waals surface area contributed by atoms with Crippen molar-refractivity contribution in [3.8, 4) is 34.4 Å². The number of unbranched alkanes of at least 4 members (excludes halogenated alkanes) is 1. The second-order valence-electron chi connectivity index (χ2n) is 29.1. The van der Waals surface area contributed by atoms with E-state index in [2.05, 4.69) is 149 Å². The Bertz CT molecular complexity index is 4830. The molecule has 0 aliphatic carbocycles. The monoisotopic (exact) mass is 1760 g/mol. The second kappa shape index (κ2) is 41.1. The van der Waals surface area contributed by atoms with E-state index in [1.807, 2.05) is 55.5 Å². The van der Waals surface area contributed by atoms with Gasteiger partial charge < -0.3 is 74.5 Å². The van der Waals surface area contributed by atoms with Crippen molar-refractivity contribution >= 4 is 130 Å². The summed E-state index contributed by atoms with van der Waals surface area (Å²) in [5.74, 6) is 4.45. The van der Waals surface area contributed by atoms with E-state index in [1.165, 1.54) is 56.8 Å². The van der Waals surface area contributed by atoms with Crippen LogP contribution in [0.5, 0.6) is 23.0 Å². The number of nitrogens with two attached hydrogens (primary N) is 1. The molecule has 28 nitrogen and oxygen atoms in total. The predicted molar refractivity (Wildman–Crippen MR) is 464 cm³/mol. The summed E-state index contributed by atoms with van der Waals surface area (Å²) in [6, 6.07) is 26.9. The Morgan fingerprint density at radius 3 is 1.42 bits per heavy atom. The Morgan fingerprint density at radius 1 is 0.566 bits per heavy atom. The summed E-state index contributed by atoms with van der Waals surface area (Å²) < 4.78 is 82.4. The van der Waals surface area contributed by atoms with Gasteiger partial charge in [-0.15, -0.1) is 0 Å². The molecule has 0 saturated carbocycles. The molecule has 4 fully saturated rings. The van der Waals surface area contributed by atoms with Crippen LogP contribution in [0.15, 0.2) is 136 Å². The number of likely N-dealkylation sites (N-methyl/N-ethyl adjacent to an activating group) is 2. The van der Waals surface area contributed by atoms with E-state index in [0.717, 1.165) is 141 Å². The van der Waals surface area contributed by atoms with Crippen molar-refractivity contribution in [1.82, 2.24) is 59.1 Å². The number of piperazine rings is 2. The van der Waals surface area contributed by atoms with E-state index < -0.39 is 24.4 Å². The van der Waals surface area contributed by atoms with Crippen molar-refractivity contribution in [3.63, 3.8) is 0 Å². The fourth-order valence-electron chi connectivity index (χ4n) is 13.4. The molecule has 4 saturated heterocycles. The van der Waals surface area contributed by atoms with Gasteiger partial charge in [0.2, 0.25) is 11.2 Å². The topological polar surface area (TPSA) is 314 Å². The molecule has 113 heavy (non-hydrogen) atoms. The molecule has 0 atom stereocenters. The van der Waals surface area contributed by atoms with Crippen molar-refractivity contribution in [2.45, 2.75) is 83.2 Å². The number of hydrogen-bond donors (Lipinski definition) is 6. The van der Waals surface area contributed by atoms with E-state index in [-0.39, 0.29) is 10.2 Å². The lowest BCUT2D eigenvalue weighted by Gasteiger charge is -2.42. The first-order valence-electron chi connectivity index (χ1n) is 37.5. The van der Waals surface area contributed by atoms with Gasteiger partial charge in [-0.3, -0.25) is 14.4 Å². The van der Waals surface area contributed by atoms with Crippen molar-refractivity contribution in [1.29, 1.82) is 0 Å². The number of anilines is 9. The molecule has 34 heteroatoms. The van der Waals surface area contributed by atoms with Crippen LogP contribution in [0.4, 0.5) is 51.7 Å². The van der Waals surface area contributed by atoms with Crippen molar-refractivity contribution in [2.24, 2.45) is 0 Å². The second-order valence-corrected chi connectivity index (χ2v) is 38.9. The maximum Gasteiger partial charge on any atom is 0.294 e. The van der Waals surface area contributed by atoms with Crippen LogP contribution in [-0.2, 0) is 19.2 Å². The van der Waals surface area contributed by atoms with Crippen LogP contribution in [0.2, 0.25) is 5.28 Å². The van der Waals surface area contributed by atoms with Crippen LogP contribution in [-0.4, -0.2) is 244 Å². The van der Waals surface area contributed by atoms with E-state index in [9.17, 15) is 17.5 Å². The first-order valence-corrected chi connectivity index (χ1v) is 46.1. The highest BCUT2D eigenvalue weighted by atomic mass is 79.9. The van der Waals surface area contributed by atoms with Gasteiger partial charge in [0.15, 0.2) is 11.5 Å². The molecule has 0 amide bonds. The fourth-order valence-corrected chi connectivity index (χ4v) is 16.9. The van der Waals surface area contributed by atoms with Crippen LogP contribution in [0.1, 0.15) is 62.1 Å². The van der Waals surface area contributed by atoms with E-state index in [0.29, 0.717) is 72.7 Å². The number of nitrogens with zero attached hydrogens (tertiary/aromatic N) is 14. The highest BCUT2D eigenvalue weighted by Crippen LogP contribution is 2.43. The zero-order valence-electron chi connectivity index (χ0n) is 67.1. The van der Waals surface area contributed by atoms with Gasteiger partial charge in [-0.2, -0.15) is 28.6 Å². The van der Waals surface area contributed by atoms with E-state index >= 15 is 0 Å². The van der Waals surface area contributed by atoms with Crippen LogP contribution < -0.4 is 61.0 Å². The van der Waals surface area contributed by atoms with Crippen LogP contribution >= 0.6 is 57.7 Å². The van der Waals surface area contributed by atoms with Crippen LogP contribution in [0.3, 0.4) is 0 Å². The number of aliphatic hydroxyl groups is 1.